The van der Waals surface area contributed by atoms with Crippen LogP contribution in [0.4, 0.5) is 0 Å². The van der Waals surface area contributed by atoms with Crippen LogP contribution in [0.25, 0.3) is 11.5 Å². The van der Waals surface area contributed by atoms with Gasteiger partial charge in [-0.3, -0.25) is 0 Å². The lowest BCUT2D eigenvalue weighted by atomic mass is 10.2. The third-order valence-corrected chi connectivity index (χ3v) is 3.53. The number of aromatic nitrogens is 2. The first-order valence-electron chi connectivity index (χ1n) is 6.57. The van der Waals surface area contributed by atoms with Gasteiger partial charge in [-0.15, -0.1) is 10.2 Å². The molecule has 0 saturated carbocycles. The molecule has 19 heavy (non-hydrogen) atoms. The number of benzene rings is 1. The molecule has 1 unspecified atom stereocenters. The van der Waals surface area contributed by atoms with Gasteiger partial charge in [0.15, 0.2) is 0 Å². The van der Waals surface area contributed by atoms with E-state index in [1.165, 1.54) is 0 Å². The molecule has 0 aliphatic carbocycles. The van der Waals surface area contributed by atoms with Crippen molar-refractivity contribution < 1.29 is 4.42 Å². The normalized spacial score (nSPS) is 12.6. The van der Waals surface area contributed by atoms with E-state index in [1.54, 1.807) is 0 Å². The first kappa shape index (κ1) is 14.5. The summed E-state index contributed by atoms with van der Waals surface area (Å²) in [6, 6.07) is 8.20. The maximum absolute atomic E-state index is 5.79. The van der Waals surface area contributed by atoms with Crippen molar-refractivity contribution in [1.82, 2.24) is 15.5 Å². The van der Waals surface area contributed by atoms with E-state index in [0.29, 0.717) is 11.8 Å². The van der Waals surface area contributed by atoms with Crippen LogP contribution >= 0.6 is 22.6 Å². The van der Waals surface area contributed by atoms with Crippen molar-refractivity contribution in [3.05, 3.63) is 33.7 Å². The molecular formula is C14H18IN3O. The SMILES string of the molecule is CCCNC(CC)c1nnc(-c2cccc(I)c2)o1. The van der Waals surface area contributed by atoms with E-state index < -0.39 is 0 Å². The molecular weight excluding hydrogens is 353 g/mol. The Bertz CT molecular complexity index is 527. The first-order chi connectivity index (χ1) is 9.24. The average molecular weight is 371 g/mol. The summed E-state index contributed by atoms with van der Waals surface area (Å²) in [5.74, 6) is 1.26. The number of hydrogen-bond donors (Lipinski definition) is 1. The van der Waals surface area contributed by atoms with Crippen LogP contribution in [0.1, 0.15) is 38.6 Å². The molecule has 0 amide bonds. The smallest absolute Gasteiger partial charge is 0.247 e. The molecule has 1 heterocycles. The highest BCUT2D eigenvalue weighted by atomic mass is 127. The summed E-state index contributed by atoms with van der Waals surface area (Å²) in [6.07, 6.45) is 2.03. The third-order valence-electron chi connectivity index (χ3n) is 2.86. The van der Waals surface area contributed by atoms with Gasteiger partial charge in [0.2, 0.25) is 11.8 Å². The Kier molecular flexibility index (Phi) is 5.33. The van der Waals surface area contributed by atoms with Crippen LogP contribution in [-0.2, 0) is 0 Å². The van der Waals surface area contributed by atoms with Crippen LogP contribution in [0.15, 0.2) is 28.7 Å². The molecule has 5 heteroatoms. The van der Waals surface area contributed by atoms with Crippen LogP contribution in [0.3, 0.4) is 0 Å². The summed E-state index contributed by atoms with van der Waals surface area (Å²) in [6.45, 7) is 5.22. The average Bonchev–Trinajstić information content (AvgIpc) is 2.89. The standard InChI is InChI=1S/C14H18IN3O/c1-3-8-16-12(4-2)14-18-17-13(19-14)10-6-5-7-11(15)9-10/h5-7,9,12,16H,3-4,8H2,1-2H3. The molecule has 0 aliphatic heterocycles. The van der Waals surface area contributed by atoms with Gasteiger partial charge in [0.1, 0.15) is 0 Å². The lowest BCUT2D eigenvalue weighted by molar-refractivity contribution is 0.396. The van der Waals surface area contributed by atoms with Crippen molar-refractivity contribution in [3.63, 3.8) is 0 Å². The summed E-state index contributed by atoms with van der Waals surface area (Å²) in [5, 5.41) is 11.7. The molecule has 1 aromatic carbocycles. The molecule has 0 bridgehead atoms. The van der Waals surface area contributed by atoms with Crippen molar-refractivity contribution in [2.75, 3.05) is 6.54 Å². The van der Waals surface area contributed by atoms with E-state index in [1.807, 2.05) is 24.3 Å². The minimum atomic E-state index is 0.143. The van der Waals surface area contributed by atoms with E-state index >= 15 is 0 Å². The molecule has 1 atom stereocenters. The fraction of sp³-hybridized carbons (Fsp3) is 0.429. The Balaban J connectivity index is 2.18. The lowest BCUT2D eigenvalue weighted by Crippen LogP contribution is -2.21. The highest BCUT2D eigenvalue weighted by Crippen LogP contribution is 2.23. The number of halogens is 1. The summed E-state index contributed by atoms with van der Waals surface area (Å²) in [5.41, 5.74) is 0.969. The number of nitrogens with one attached hydrogen (secondary N) is 1. The van der Waals surface area contributed by atoms with Crippen LogP contribution in [-0.4, -0.2) is 16.7 Å². The second-order valence-corrected chi connectivity index (χ2v) is 5.62. The van der Waals surface area contributed by atoms with Gasteiger partial charge in [-0.1, -0.05) is 19.9 Å². The van der Waals surface area contributed by atoms with E-state index in [4.69, 9.17) is 4.42 Å². The minimum Gasteiger partial charge on any atom is -0.419 e. The predicted octanol–water partition coefficient (Wildman–Crippen LogP) is 3.79. The van der Waals surface area contributed by atoms with Crippen molar-refractivity contribution >= 4 is 22.6 Å². The summed E-state index contributed by atoms with van der Waals surface area (Å²) in [7, 11) is 0. The minimum absolute atomic E-state index is 0.143. The molecule has 0 fully saturated rings. The fourth-order valence-corrected chi connectivity index (χ4v) is 2.38. The number of nitrogens with zero attached hydrogens (tertiary/aromatic N) is 2. The second-order valence-electron chi connectivity index (χ2n) is 4.37. The van der Waals surface area contributed by atoms with Gasteiger partial charge in [0.05, 0.1) is 6.04 Å². The van der Waals surface area contributed by atoms with Gasteiger partial charge >= 0.3 is 0 Å². The molecule has 2 aromatic rings. The van der Waals surface area contributed by atoms with Gasteiger partial charge < -0.3 is 9.73 Å². The lowest BCUT2D eigenvalue weighted by Gasteiger charge is -2.11. The van der Waals surface area contributed by atoms with E-state index in [9.17, 15) is 0 Å². The molecule has 1 N–H and O–H groups in total. The first-order valence-corrected chi connectivity index (χ1v) is 7.65. The van der Waals surface area contributed by atoms with Crippen molar-refractivity contribution in [2.45, 2.75) is 32.7 Å². The zero-order valence-corrected chi connectivity index (χ0v) is 13.3. The molecule has 0 spiro atoms. The maximum atomic E-state index is 5.79. The van der Waals surface area contributed by atoms with Gasteiger partial charge in [-0.2, -0.15) is 0 Å². The second kappa shape index (κ2) is 7.00. The fourth-order valence-electron chi connectivity index (χ4n) is 1.84. The van der Waals surface area contributed by atoms with Crippen LogP contribution in [0, 0.1) is 3.57 Å². The third kappa shape index (κ3) is 3.76. The maximum Gasteiger partial charge on any atom is 0.247 e. The Morgan fingerprint density at radius 2 is 2.16 bits per heavy atom. The summed E-state index contributed by atoms with van der Waals surface area (Å²) < 4.78 is 6.95. The Morgan fingerprint density at radius 1 is 1.32 bits per heavy atom. The number of rotatable bonds is 6. The zero-order valence-electron chi connectivity index (χ0n) is 11.2. The van der Waals surface area contributed by atoms with Gasteiger partial charge in [0.25, 0.3) is 0 Å². The molecule has 0 aliphatic rings. The quantitative estimate of drug-likeness (QED) is 0.785. The van der Waals surface area contributed by atoms with Gasteiger partial charge in [-0.05, 0) is 60.2 Å². The largest absolute Gasteiger partial charge is 0.419 e. The molecule has 4 nitrogen and oxygen atoms in total. The highest BCUT2D eigenvalue weighted by Gasteiger charge is 2.16. The van der Waals surface area contributed by atoms with Crippen molar-refractivity contribution in [1.29, 1.82) is 0 Å². The highest BCUT2D eigenvalue weighted by molar-refractivity contribution is 14.1. The van der Waals surface area contributed by atoms with E-state index in [2.05, 4.69) is 52.0 Å². The van der Waals surface area contributed by atoms with Crippen LogP contribution < -0.4 is 5.32 Å². The Labute approximate surface area is 127 Å². The topological polar surface area (TPSA) is 51.0 Å². The molecule has 1 aromatic heterocycles. The van der Waals surface area contributed by atoms with Gasteiger partial charge in [-0.25, -0.2) is 0 Å². The zero-order chi connectivity index (χ0) is 13.7. The summed E-state index contributed by atoms with van der Waals surface area (Å²) in [4.78, 5) is 0. The van der Waals surface area contributed by atoms with Crippen molar-refractivity contribution in [2.24, 2.45) is 0 Å². The molecule has 0 saturated heterocycles. The Hall–Kier alpha value is -0.950. The Morgan fingerprint density at radius 3 is 2.84 bits per heavy atom. The van der Waals surface area contributed by atoms with Gasteiger partial charge in [0, 0.05) is 9.13 Å². The predicted molar refractivity (Wildman–Crippen MR) is 83.8 cm³/mol. The van der Waals surface area contributed by atoms with E-state index in [0.717, 1.165) is 28.5 Å². The molecule has 2 rings (SSSR count). The van der Waals surface area contributed by atoms with Crippen molar-refractivity contribution in [3.8, 4) is 11.5 Å². The summed E-state index contributed by atoms with van der Waals surface area (Å²) >= 11 is 2.28. The van der Waals surface area contributed by atoms with Crippen LogP contribution in [0.2, 0.25) is 0 Å². The molecule has 102 valence electrons. The van der Waals surface area contributed by atoms with E-state index in [-0.39, 0.29) is 6.04 Å². The number of hydrogen-bond acceptors (Lipinski definition) is 4. The molecule has 0 radical (unpaired) electrons. The monoisotopic (exact) mass is 371 g/mol. The van der Waals surface area contributed by atoms with Crippen LogP contribution in [0.5, 0.6) is 0 Å².